The van der Waals surface area contributed by atoms with Crippen LogP contribution in [0.15, 0.2) is 23.7 Å². The smallest absolute Gasteiger partial charge is 0.368 e. The Labute approximate surface area is 96.7 Å². The Morgan fingerprint density at radius 2 is 1.62 bits per heavy atom. The van der Waals surface area contributed by atoms with Gasteiger partial charge >= 0.3 is 5.97 Å². The maximum absolute atomic E-state index is 10.2. The molecule has 16 heavy (non-hydrogen) atoms. The van der Waals surface area contributed by atoms with Crippen LogP contribution in [-0.2, 0) is 9.47 Å². The van der Waals surface area contributed by atoms with Crippen molar-refractivity contribution in [3.05, 3.63) is 23.7 Å². The molecule has 0 fully saturated rings. The van der Waals surface area contributed by atoms with Crippen molar-refractivity contribution in [2.24, 2.45) is 0 Å². The summed E-state index contributed by atoms with van der Waals surface area (Å²) in [4.78, 5) is 0. The van der Waals surface area contributed by atoms with Crippen LogP contribution in [0.25, 0.3) is 0 Å². The van der Waals surface area contributed by atoms with Crippen molar-refractivity contribution in [3.63, 3.8) is 0 Å². The maximum atomic E-state index is 10.2. The van der Waals surface area contributed by atoms with E-state index in [4.69, 9.17) is 9.47 Å². The molecule has 0 atom stereocenters. The zero-order valence-corrected chi connectivity index (χ0v) is 9.87. The van der Waals surface area contributed by atoms with Crippen molar-refractivity contribution < 1.29 is 14.6 Å². The molecule has 0 saturated carbocycles. The van der Waals surface area contributed by atoms with E-state index < -0.39 is 5.97 Å². The highest BCUT2D eigenvalue weighted by molar-refractivity contribution is 5.02. The molecule has 90 valence electrons. The summed E-state index contributed by atoms with van der Waals surface area (Å²) in [7, 11) is 0. The molecule has 2 aliphatic rings. The molecule has 0 aromatic carbocycles. The van der Waals surface area contributed by atoms with Crippen molar-refractivity contribution in [2.75, 3.05) is 0 Å². The van der Waals surface area contributed by atoms with Gasteiger partial charge in [-0.2, -0.15) is 0 Å². The highest BCUT2D eigenvalue weighted by atomic mass is 16.8. The minimum atomic E-state index is -1.47. The van der Waals surface area contributed by atoms with E-state index in [1.54, 1.807) is 0 Å². The van der Waals surface area contributed by atoms with Crippen LogP contribution in [0.3, 0.4) is 0 Å². The van der Waals surface area contributed by atoms with E-state index in [2.05, 4.69) is 0 Å². The first-order chi connectivity index (χ1) is 7.72. The first kappa shape index (κ1) is 11.5. The lowest BCUT2D eigenvalue weighted by Gasteiger charge is -2.29. The molecule has 1 N–H and O–H groups in total. The lowest BCUT2D eigenvalue weighted by Crippen LogP contribution is -2.34. The van der Waals surface area contributed by atoms with E-state index in [9.17, 15) is 5.11 Å². The molecular weight excluding hydrogens is 204 g/mol. The number of hydrogen-bond acceptors (Lipinski definition) is 3. The number of aliphatic hydroxyl groups is 1. The Bertz CT molecular complexity index is 278. The fraction of sp³-hybridized carbons (Fsp3) is 0.692. The van der Waals surface area contributed by atoms with Crippen LogP contribution in [0.1, 0.15) is 51.9 Å². The quantitative estimate of drug-likeness (QED) is 0.729. The summed E-state index contributed by atoms with van der Waals surface area (Å²) in [6.45, 7) is 1.87. The summed E-state index contributed by atoms with van der Waals surface area (Å²) >= 11 is 0. The van der Waals surface area contributed by atoms with Gasteiger partial charge in [-0.25, -0.2) is 0 Å². The molecule has 0 aromatic rings. The van der Waals surface area contributed by atoms with Gasteiger partial charge in [0.25, 0.3) is 0 Å². The molecule has 0 spiro atoms. The fourth-order valence-electron chi connectivity index (χ4n) is 2.04. The van der Waals surface area contributed by atoms with Gasteiger partial charge in [-0.15, -0.1) is 0 Å². The van der Waals surface area contributed by atoms with Crippen LogP contribution in [-0.4, -0.2) is 11.1 Å². The minimum Gasteiger partial charge on any atom is -0.435 e. The SMILES string of the molecule is CCC(O)(OC1=CCCC1)OC1=CCCC1. The number of hydrogen-bond donors (Lipinski definition) is 1. The average Bonchev–Trinajstić information content (AvgIpc) is 2.91. The summed E-state index contributed by atoms with van der Waals surface area (Å²) in [5, 5.41) is 10.2. The van der Waals surface area contributed by atoms with Gasteiger partial charge in [0.1, 0.15) is 0 Å². The first-order valence-electron chi connectivity index (χ1n) is 6.20. The predicted molar refractivity (Wildman–Crippen MR) is 61.3 cm³/mol. The molecule has 0 bridgehead atoms. The fourth-order valence-corrected chi connectivity index (χ4v) is 2.04. The van der Waals surface area contributed by atoms with Crippen LogP contribution in [0.5, 0.6) is 0 Å². The van der Waals surface area contributed by atoms with Crippen molar-refractivity contribution in [1.82, 2.24) is 0 Å². The van der Waals surface area contributed by atoms with Crippen molar-refractivity contribution in [1.29, 1.82) is 0 Å². The predicted octanol–water partition coefficient (Wildman–Crippen LogP) is 3.21. The lowest BCUT2D eigenvalue weighted by atomic mass is 10.3. The molecular formula is C13H20O3. The third-order valence-corrected chi connectivity index (χ3v) is 3.03. The highest BCUT2D eigenvalue weighted by Gasteiger charge is 2.32. The van der Waals surface area contributed by atoms with Crippen LogP contribution in [0, 0.1) is 0 Å². The van der Waals surface area contributed by atoms with E-state index >= 15 is 0 Å². The Morgan fingerprint density at radius 3 is 1.94 bits per heavy atom. The molecule has 2 aliphatic carbocycles. The third-order valence-electron chi connectivity index (χ3n) is 3.03. The zero-order valence-electron chi connectivity index (χ0n) is 9.87. The molecule has 3 heteroatoms. The van der Waals surface area contributed by atoms with Crippen LogP contribution < -0.4 is 0 Å². The van der Waals surface area contributed by atoms with Crippen LogP contribution >= 0.6 is 0 Å². The molecule has 0 amide bonds. The van der Waals surface area contributed by atoms with Gasteiger partial charge in [-0.05, 0) is 37.8 Å². The summed E-state index contributed by atoms with van der Waals surface area (Å²) in [5.74, 6) is 0.262. The Morgan fingerprint density at radius 1 is 1.12 bits per heavy atom. The molecule has 0 aliphatic heterocycles. The zero-order chi connectivity index (χ0) is 11.4. The minimum absolute atomic E-state index is 0.432. The molecule has 0 saturated heterocycles. The Kier molecular flexibility index (Phi) is 3.54. The van der Waals surface area contributed by atoms with Gasteiger partial charge < -0.3 is 14.6 Å². The lowest BCUT2D eigenvalue weighted by molar-refractivity contribution is -0.330. The van der Waals surface area contributed by atoms with Crippen LogP contribution in [0.2, 0.25) is 0 Å². The summed E-state index contributed by atoms with van der Waals surface area (Å²) < 4.78 is 11.1. The monoisotopic (exact) mass is 224 g/mol. The highest BCUT2D eigenvalue weighted by Crippen LogP contribution is 2.30. The number of ether oxygens (including phenoxy) is 2. The van der Waals surface area contributed by atoms with E-state index in [0.717, 1.165) is 50.0 Å². The summed E-state index contributed by atoms with van der Waals surface area (Å²) in [6, 6.07) is 0. The second kappa shape index (κ2) is 4.91. The summed E-state index contributed by atoms with van der Waals surface area (Å²) in [6.07, 6.45) is 10.6. The second-order valence-electron chi connectivity index (χ2n) is 4.40. The molecule has 0 heterocycles. The normalized spacial score (nSPS) is 20.6. The van der Waals surface area contributed by atoms with Crippen molar-refractivity contribution in [3.8, 4) is 0 Å². The second-order valence-corrected chi connectivity index (χ2v) is 4.40. The molecule has 3 nitrogen and oxygen atoms in total. The van der Waals surface area contributed by atoms with E-state index in [1.165, 1.54) is 0 Å². The Balaban J connectivity index is 1.94. The molecule has 2 rings (SSSR count). The molecule has 0 radical (unpaired) electrons. The van der Waals surface area contributed by atoms with Gasteiger partial charge in [0.2, 0.25) is 0 Å². The summed E-state index contributed by atoms with van der Waals surface area (Å²) in [5.41, 5.74) is 0. The maximum Gasteiger partial charge on any atom is 0.368 e. The molecule has 0 aromatic heterocycles. The van der Waals surface area contributed by atoms with E-state index in [-0.39, 0.29) is 0 Å². The average molecular weight is 224 g/mol. The largest absolute Gasteiger partial charge is 0.435 e. The van der Waals surface area contributed by atoms with Crippen molar-refractivity contribution in [2.45, 2.75) is 57.8 Å². The standard InChI is InChI=1S/C13H20O3/c1-2-13(14,15-11-7-3-4-8-11)16-12-9-5-6-10-12/h7,9,14H,2-6,8,10H2,1H3. The van der Waals surface area contributed by atoms with Gasteiger partial charge in [0, 0.05) is 12.8 Å². The third kappa shape index (κ3) is 2.79. The van der Waals surface area contributed by atoms with Crippen LogP contribution in [0.4, 0.5) is 0 Å². The van der Waals surface area contributed by atoms with Crippen molar-refractivity contribution >= 4 is 0 Å². The first-order valence-corrected chi connectivity index (χ1v) is 6.20. The van der Waals surface area contributed by atoms with Gasteiger partial charge in [-0.3, -0.25) is 0 Å². The number of allylic oxidation sites excluding steroid dienone is 4. The van der Waals surface area contributed by atoms with Gasteiger partial charge in [0.15, 0.2) is 0 Å². The van der Waals surface area contributed by atoms with E-state index in [0.29, 0.717) is 6.42 Å². The van der Waals surface area contributed by atoms with Gasteiger partial charge in [-0.1, -0.05) is 6.92 Å². The van der Waals surface area contributed by atoms with Gasteiger partial charge in [0.05, 0.1) is 17.9 Å². The molecule has 0 unspecified atom stereocenters. The topological polar surface area (TPSA) is 38.7 Å². The Hall–Kier alpha value is -0.960. The van der Waals surface area contributed by atoms with E-state index in [1.807, 2.05) is 19.1 Å². The number of rotatable bonds is 5.